The number of aromatic nitrogens is 1. The number of benzene rings is 2. The summed E-state index contributed by atoms with van der Waals surface area (Å²) in [6, 6.07) is 18.3. The minimum atomic E-state index is -0.574. The first-order valence-electron chi connectivity index (χ1n) is 11.8. The van der Waals surface area contributed by atoms with Gasteiger partial charge in [-0.05, 0) is 81.7 Å². The molecule has 6 heteroatoms. The summed E-state index contributed by atoms with van der Waals surface area (Å²) in [5.74, 6) is -0.674. The van der Waals surface area contributed by atoms with Gasteiger partial charge in [0, 0.05) is 17.1 Å². The quantitative estimate of drug-likeness (QED) is 0.376. The lowest BCUT2D eigenvalue weighted by atomic mass is 10.1. The second-order valence-corrected chi connectivity index (χ2v) is 9.52. The lowest BCUT2D eigenvalue weighted by Crippen LogP contribution is -2.12. The van der Waals surface area contributed by atoms with Gasteiger partial charge in [-0.1, -0.05) is 48.5 Å². The largest absolute Gasteiger partial charge is 0.506 e. The molecular formula is C29H30N2O3S. The molecule has 1 N–H and O–H groups in total. The zero-order valence-corrected chi connectivity index (χ0v) is 21.6. The van der Waals surface area contributed by atoms with Gasteiger partial charge in [-0.15, -0.1) is 0 Å². The van der Waals surface area contributed by atoms with E-state index in [9.17, 15) is 9.90 Å². The summed E-state index contributed by atoms with van der Waals surface area (Å²) in [4.78, 5) is 18.0. The first-order valence-corrected chi connectivity index (χ1v) is 12.6. The number of thioether (sulfide) groups is 1. The number of rotatable bonds is 6. The van der Waals surface area contributed by atoms with Crippen molar-refractivity contribution in [3.8, 4) is 5.69 Å². The lowest BCUT2D eigenvalue weighted by Gasteiger charge is -2.10. The predicted molar refractivity (Wildman–Crippen MR) is 145 cm³/mol. The fraction of sp³-hybridized carbons (Fsp3) is 0.241. The van der Waals surface area contributed by atoms with E-state index in [1.807, 2.05) is 30.3 Å². The summed E-state index contributed by atoms with van der Waals surface area (Å²) < 4.78 is 7.41. The highest BCUT2D eigenvalue weighted by atomic mass is 32.2. The van der Waals surface area contributed by atoms with Gasteiger partial charge >= 0.3 is 5.97 Å². The smallest absolute Gasteiger partial charge is 0.344 e. The molecule has 0 atom stereocenters. The maximum absolute atomic E-state index is 12.7. The van der Waals surface area contributed by atoms with Gasteiger partial charge in [0.2, 0.25) is 0 Å². The Balaban J connectivity index is 1.75. The molecule has 0 saturated carbocycles. The summed E-state index contributed by atoms with van der Waals surface area (Å²) in [6.45, 7) is 10.2. The molecule has 4 rings (SSSR count). The zero-order valence-electron chi connectivity index (χ0n) is 20.8. The molecule has 2 heterocycles. The van der Waals surface area contributed by atoms with Crippen LogP contribution >= 0.6 is 11.8 Å². The number of aryl methyl sites for hydroxylation is 3. The molecule has 0 bridgehead atoms. The summed E-state index contributed by atoms with van der Waals surface area (Å²) in [5.41, 5.74) is 7.42. The van der Waals surface area contributed by atoms with Gasteiger partial charge in [0.15, 0.2) is 0 Å². The molecule has 180 valence electrons. The maximum atomic E-state index is 12.7. The molecule has 1 aliphatic heterocycles. The number of hydrogen-bond acceptors (Lipinski definition) is 5. The highest BCUT2D eigenvalue weighted by molar-refractivity contribution is 8.18. The van der Waals surface area contributed by atoms with Crippen molar-refractivity contribution >= 4 is 34.5 Å². The second-order valence-electron chi connectivity index (χ2n) is 8.49. The molecule has 0 unspecified atom stereocenters. The predicted octanol–water partition coefficient (Wildman–Crippen LogP) is 7.16. The van der Waals surface area contributed by atoms with Crippen molar-refractivity contribution in [1.82, 2.24) is 4.57 Å². The molecule has 5 nitrogen and oxygen atoms in total. The summed E-state index contributed by atoms with van der Waals surface area (Å²) in [5, 5.41) is 11.5. The minimum Gasteiger partial charge on any atom is -0.506 e. The van der Waals surface area contributed by atoms with Crippen molar-refractivity contribution < 1.29 is 14.6 Å². The maximum Gasteiger partial charge on any atom is 0.344 e. The van der Waals surface area contributed by atoms with E-state index in [4.69, 9.17) is 4.74 Å². The number of hydrogen-bond donors (Lipinski definition) is 1. The monoisotopic (exact) mass is 486 g/mol. The van der Waals surface area contributed by atoms with E-state index in [0.717, 1.165) is 34.7 Å². The molecule has 0 radical (unpaired) electrons. The van der Waals surface area contributed by atoms with E-state index in [-0.39, 0.29) is 17.9 Å². The number of esters is 1. The Kier molecular flexibility index (Phi) is 7.31. The summed E-state index contributed by atoms with van der Waals surface area (Å²) in [6.07, 6.45) is 2.85. The summed E-state index contributed by atoms with van der Waals surface area (Å²) >= 11 is 1.28. The number of aliphatic hydroxyl groups excluding tert-OH is 1. The van der Waals surface area contributed by atoms with Crippen LogP contribution in [0.3, 0.4) is 0 Å². The first kappa shape index (κ1) is 24.6. The third kappa shape index (κ3) is 5.13. The van der Waals surface area contributed by atoms with Crippen molar-refractivity contribution in [1.29, 1.82) is 0 Å². The number of aliphatic hydroxyl groups is 1. The van der Waals surface area contributed by atoms with Crippen LogP contribution in [0, 0.1) is 20.8 Å². The van der Waals surface area contributed by atoms with E-state index in [1.165, 1.54) is 22.9 Å². The van der Waals surface area contributed by atoms with E-state index >= 15 is 0 Å². The van der Waals surface area contributed by atoms with Crippen LogP contribution in [0.25, 0.3) is 11.8 Å². The Morgan fingerprint density at radius 3 is 2.37 bits per heavy atom. The number of nitrogens with zero attached hydrogens (tertiary/aromatic N) is 2. The molecular weight excluding hydrogens is 456 g/mol. The molecule has 35 heavy (non-hydrogen) atoms. The molecule has 0 fully saturated rings. The van der Waals surface area contributed by atoms with Crippen LogP contribution in [0.2, 0.25) is 0 Å². The molecule has 0 aliphatic carbocycles. The van der Waals surface area contributed by atoms with Crippen LogP contribution < -0.4 is 0 Å². The van der Waals surface area contributed by atoms with Gasteiger partial charge in [0.25, 0.3) is 0 Å². The number of aliphatic imine (C=N–C) groups is 1. The molecule has 1 aromatic heterocycles. The van der Waals surface area contributed by atoms with E-state index in [2.05, 4.69) is 67.6 Å². The van der Waals surface area contributed by atoms with Gasteiger partial charge in [0.05, 0.1) is 17.2 Å². The van der Waals surface area contributed by atoms with E-state index in [1.54, 1.807) is 6.92 Å². The summed E-state index contributed by atoms with van der Waals surface area (Å²) in [7, 11) is 0. The first-order chi connectivity index (χ1) is 16.8. The Labute approximate surface area is 210 Å². The Hall–Kier alpha value is -3.51. The van der Waals surface area contributed by atoms with Crippen molar-refractivity contribution in [3.05, 3.63) is 98.9 Å². The fourth-order valence-electron chi connectivity index (χ4n) is 4.08. The van der Waals surface area contributed by atoms with Gasteiger partial charge < -0.3 is 14.4 Å². The highest BCUT2D eigenvalue weighted by Gasteiger charge is 2.33. The van der Waals surface area contributed by atoms with Gasteiger partial charge in [-0.25, -0.2) is 9.79 Å². The van der Waals surface area contributed by atoms with E-state index in [0.29, 0.717) is 9.95 Å². The second kappa shape index (κ2) is 10.4. The zero-order chi connectivity index (χ0) is 25.1. The Morgan fingerprint density at radius 2 is 1.74 bits per heavy atom. The average Bonchev–Trinajstić information content (AvgIpc) is 3.29. The van der Waals surface area contributed by atoms with Crippen molar-refractivity contribution in [2.75, 3.05) is 6.61 Å². The molecule has 0 spiro atoms. The lowest BCUT2D eigenvalue weighted by molar-refractivity contribution is -0.138. The van der Waals surface area contributed by atoms with Crippen molar-refractivity contribution in [3.63, 3.8) is 0 Å². The van der Waals surface area contributed by atoms with Crippen LogP contribution in [0.1, 0.15) is 41.9 Å². The third-order valence-electron chi connectivity index (χ3n) is 5.99. The Bertz CT molecular complexity index is 1340. The van der Waals surface area contributed by atoms with Crippen molar-refractivity contribution in [2.45, 2.75) is 41.0 Å². The average molecular weight is 487 g/mol. The van der Waals surface area contributed by atoms with Crippen LogP contribution in [0.4, 0.5) is 5.69 Å². The minimum absolute atomic E-state index is 0.0995. The van der Waals surface area contributed by atoms with Crippen LogP contribution in [-0.4, -0.2) is 27.3 Å². The number of carbonyl (C=O) groups excluding carboxylic acids is 1. The van der Waals surface area contributed by atoms with Crippen LogP contribution in [-0.2, 0) is 16.0 Å². The molecule has 2 aromatic carbocycles. The number of carbonyl (C=O) groups is 1. The van der Waals surface area contributed by atoms with Gasteiger partial charge in [-0.3, -0.25) is 0 Å². The topological polar surface area (TPSA) is 63.8 Å². The standard InChI is InChI=1S/C29H30N2O3S/c1-6-21-10-12-23(13-11-21)30-28-26(29(33)34-7-2)27(32)25(35-28)17-22-16-19(4)31(20(22)5)24-14-8-18(3)9-15-24/h8-17,32H,6-7H2,1-5H3/b25-17+,30-28?. The van der Waals surface area contributed by atoms with Crippen LogP contribution in [0.15, 0.2) is 75.8 Å². The normalized spacial score (nSPS) is 15.9. The molecule has 1 aliphatic rings. The van der Waals surface area contributed by atoms with Gasteiger partial charge in [-0.2, -0.15) is 0 Å². The molecule has 3 aromatic rings. The SMILES string of the molecule is CCOC(=O)C1=C(O)/C(=C\c2cc(C)n(-c3ccc(C)cc3)c2C)SC1=Nc1ccc(CC)cc1. The molecule has 0 saturated heterocycles. The van der Waals surface area contributed by atoms with Crippen molar-refractivity contribution in [2.24, 2.45) is 4.99 Å². The van der Waals surface area contributed by atoms with Gasteiger partial charge in [0.1, 0.15) is 16.4 Å². The highest BCUT2D eigenvalue weighted by Crippen LogP contribution is 2.41. The number of ether oxygens (including phenoxy) is 1. The van der Waals surface area contributed by atoms with Crippen LogP contribution in [0.5, 0.6) is 0 Å². The van der Waals surface area contributed by atoms with E-state index < -0.39 is 5.97 Å². The third-order valence-corrected chi connectivity index (χ3v) is 7.01. The Morgan fingerprint density at radius 1 is 1.06 bits per heavy atom. The molecule has 0 amide bonds. The fourth-order valence-corrected chi connectivity index (χ4v) is 5.11.